The molecule has 1 saturated carbocycles. The van der Waals surface area contributed by atoms with Gasteiger partial charge in [0.15, 0.2) is 0 Å². The van der Waals surface area contributed by atoms with Gasteiger partial charge in [0.2, 0.25) is 0 Å². The average molecular weight is 311 g/mol. The molecule has 0 aliphatic heterocycles. The molecule has 0 bridgehead atoms. The molecule has 1 aromatic rings. The molecule has 2 rings (SSSR count). The number of rotatable bonds is 6. The monoisotopic (exact) mass is 311 g/mol. The molecule has 0 spiro atoms. The first-order valence-electron chi connectivity index (χ1n) is 7.94. The molecule has 1 heterocycles. The molecule has 0 aromatic carbocycles. The molecule has 0 radical (unpaired) electrons. The lowest BCUT2D eigenvalue weighted by atomic mass is 9.95. The number of hydrogen-bond acceptors (Lipinski definition) is 5. The summed E-state index contributed by atoms with van der Waals surface area (Å²) in [4.78, 5) is 16.3. The van der Waals surface area contributed by atoms with Gasteiger partial charge in [-0.1, -0.05) is 25.7 Å². The predicted octanol–water partition coefficient (Wildman–Crippen LogP) is 3.83. The highest BCUT2D eigenvalue weighted by molar-refractivity contribution is 7.09. The van der Waals surface area contributed by atoms with Crippen molar-refractivity contribution in [2.45, 2.75) is 64.4 Å². The second-order valence-electron chi connectivity index (χ2n) is 5.47. The molecule has 21 heavy (non-hydrogen) atoms. The quantitative estimate of drug-likeness (QED) is 0.591. The minimum Gasteiger partial charge on any atom is -0.466 e. The van der Waals surface area contributed by atoms with Crippen LogP contribution in [-0.2, 0) is 26.3 Å². The van der Waals surface area contributed by atoms with Gasteiger partial charge >= 0.3 is 5.97 Å². The van der Waals surface area contributed by atoms with E-state index in [0.29, 0.717) is 13.2 Å². The third kappa shape index (κ3) is 4.27. The molecule has 1 aromatic heterocycles. The van der Waals surface area contributed by atoms with Gasteiger partial charge in [-0.05, 0) is 26.7 Å². The van der Waals surface area contributed by atoms with E-state index < -0.39 is 0 Å². The molecule has 0 saturated heterocycles. The Hall–Kier alpha value is -0.940. The fraction of sp³-hybridized carbons (Fsp3) is 0.750. The Morgan fingerprint density at radius 1 is 1.24 bits per heavy atom. The number of carbonyl (C=O) groups is 1. The van der Waals surface area contributed by atoms with Crippen LogP contribution in [0, 0.1) is 0 Å². The van der Waals surface area contributed by atoms with Gasteiger partial charge in [0.25, 0.3) is 0 Å². The van der Waals surface area contributed by atoms with Crippen molar-refractivity contribution in [3.05, 3.63) is 16.1 Å². The van der Waals surface area contributed by atoms with E-state index >= 15 is 0 Å². The summed E-state index contributed by atoms with van der Waals surface area (Å²) in [6, 6.07) is 0. The zero-order valence-corrected chi connectivity index (χ0v) is 13.8. The Labute approximate surface area is 130 Å². The van der Waals surface area contributed by atoms with Crippen LogP contribution in [0.3, 0.4) is 0 Å². The number of esters is 1. The maximum Gasteiger partial charge on any atom is 0.311 e. The summed E-state index contributed by atoms with van der Waals surface area (Å²) in [6.07, 6.45) is 7.25. The fourth-order valence-corrected chi connectivity index (χ4v) is 3.98. The van der Waals surface area contributed by atoms with Crippen LogP contribution in [0.4, 0.5) is 0 Å². The minimum atomic E-state index is -0.233. The van der Waals surface area contributed by atoms with E-state index in [1.165, 1.54) is 25.7 Å². The topological polar surface area (TPSA) is 48.4 Å². The molecule has 0 amide bonds. The Bertz CT molecular complexity index is 450. The molecule has 4 nitrogen and oxygen atoms in total. The average Bonchev–Trinajstić information content (AvgIpc) is 2.79. The summed E-state index contributed by atoms with van der Waals surface area (Å²) in [5.74, 6) is -0.208. The van der Waals surface area contributed by atoms with Crippen molar-refractivity contribution >= 4 is 17.3 Å². The van der Waals surface area contributed by atoms with Gasteiger partial charge in [-0.25, -0.2) is 4.98 Å². The molecule has 118 valence electrons. The van der Waals surface area contributed by atoms with Crippen LogP contribution in [0.1, 0.15) is 63.1 Å². The number of nitrogens with zero attached hydrogens (tertiary/aromatic N) is 1. The molecule has 0 N–H and O–H groups in total. The third-order valence-electron chi connectivity index (χ3n) is 3.90. The van der Waals surface area contributed by atoms with Gasteiger partial charge in [-0.2, -0.15) is 0 Å². The lowest BCUT2D eigenvalue weighted by Crippen LogP contribution is -2.29. The lowest BCUT2D eigenvalue weighted by molar-refractivity contribution is -0.142. The molecule has 1 aliphatic carbocycles. The van der Waals surface area contributed by atoms with Crippen LogP contribution in [0.2, 0.25) is 0 Å². The molecule has 1 aliphatic rings. The largest absolute Gasteiger partial charge is 0.466 e. The van der Waals surface area contributed by atoms with Gasteiger partial charge in [-0.3, -0.25) is 4.79 Å². The summed E-state index contributed by atoms with van der Waals surface area (Å²) >= 11 is 1.62. The molecular formula is C16H25NO3S. The fourth-order valence-electron chi connectivity index (χ4n) is 2.95. The van der Waals surface area contributed by atoms with E-state index in [9.17, 15) is 4.79 Å². The number of aromatic nitrogens is 1. The smallest absolute Gasteiger partial charge is 0.311 e. The van der Waals surface area contributed by atoms with Crippen LogP contribution in [-0.4, -0.2) is 24.2 Å². The zero-order valence-electron chi connectivity index (χ0n) is 13.0. The van der Waals surface area contributed by atoms with Crippen LogP contribution in [0.25, 0.3) is 0 Å². The molecule has 0 unspecified atom stereocenters. The van der Waals surface area contributed by atoms with Gasteiger partial charge in [0.05, 0.1) is 18.7 Å². The van der Waals surface area contributed by atoms with E-state index in [0.717, 1.165) is 23.5 Å². The standard InChI is InChI=1S/C16H25NO3S/c1-3-19-14(18)11-13-12-21-15(17-13)16(20-4-2)9-7-5-6-8-10-16/h12H,3-11H2,1-2H3. The van der Waals surface area contributed by atoms with Crippen molar-refractivity contribution in [3.63, 3.8) is 0 Å². The van der Waals surface area contributed by atoms with Crippen molar-refractivity contribution < 1.29 is 14.3 Å². The molecular weight excluding hydrogens is 286 g/mol. The van der Waals surface area contributed by atoms with Crippen LogP contribution in [0.5, 0.6) is 0 Å². The molecule has 1 fully saturated rings. The maximum absolute atomic E-state index is 11.6. The predicted molar refractivity (Wildman–Crippen MR) is 83.5 cm³/mol. The Kier molecular flexibility index (Phi) is 6.18. The zero-order chi connectivity index (χ0) is 15.1. The SMILES string of the molecule is CCOC(=O)Cc1csc(C2(OCC)CCCCCC2)n1. The van der Waals surface area contributed by atoms with Crippen LogP contribution >= 0.6 is 11.3 Å². The summed E-state index contributed by atoms with van der Waals surface area (Å²) < 4.78 is 11.1. The van der Waals surface area contributed by atoms with Crippen molar-refractivity contribution in [3.8, 4) is 0 Å². The first-order chi connectivity index (χ1) is 10.2. The summed E-state index contributed by atoms with van der Waals surface area (Å²) in [5, 5.41) is 3.00. The molecule has 0 atom stereocenters. The number of hydrogen-bond donors (Lipinski definition) is 0. The van der Waals surface area contributed by atoms with Crippen molar-refractivity contribution in [2.24, 2.45) is 0 Å². The Morgan fingerprint density at radius 3 is 2.57 bits per heavy atom. The first kappa shape index (κ1) is 16.4. The first-order valence-corrected chi connectivity index (χ1v) is 8.82. The van der Waals surface area contributed by atoms with E-state index in [-0.39, 0.29) is 18.0 Å². The highest BCUT2D eigenvalue weighted by atomic mass is 32.1. The number of ether oxygens (including phenoxy) is 2. The lowest BCUT2D eigenvalue weighted by Gasteiger charge is -2.30. The van der Waals surface area contributed by atoms with E-state index in [4.69, 9.17) is 9.47 Å². The van der Waals surface area contributed by atoms with Gasteiger partial charge in [0, 0.05) is 12.0 Å². The second kappa shape index (κ2) is 7.90. The van der Waals surface area contributed by atoms with Crippen molar-refractivity contribution in [1.82, 2.24) is 4.98 Å². The number of carbonyl (C=O) groups excluding carboxylic acids is 1. The van der Waals surface area contributed by atoms with Crippen molar-refractivity contribution in [2.75, 3.05) is 13.2 Å². The van der Waals surface area contributed by atoms with E-state index in [2.05, 4.69) is 4.98 Å². The third-order valence-corrected chi connectivity index (χ3v) is 4.98. The minimum absolute atomic E-state index is 0.208. The molecule has 5 heteroatoms. The normalized spacial score (nSPS) is 18.2. The number of thiazole rings is 1. The Morgan fingerprint density at radius 2 is 1.95 bits per heavy atom. The van der Waals surface area contributed by atoms with E-state index in [1.54, 1.807) is 11.3 Å². The maximum atomic E-state index is 11.6. The van der Waals surface area contributed by atoms with Gasteiger partial charge in [-0.15, -0.1) is 11.3 Å². The highest BCUT2D eigenvalue weighted by Crippen LogP contribution is 2.40. The van der Waals surface area contributed by atoms with Crippen LogP contribution in [0.15, 0.2) is 5.38 Å². The van der Waals surface area contributed by atoms with Crippen molar-refractivity contribution in [1.29, 1.82) is 0 Å². The summed E-state index contributed by atoms with van der Waals surface area (Å²) in [5.41, 5.74) is 0.569. The van der Waals surface area contributed by atoms with Crippen LogP contribution < -0.4 is 0 Å². The highest BCUT2D eigenvalue weighted by Gasteiger charge is 2.36. The van der Waals surface area contributed by atoms with E-state index in [1.807, 2.05) is 19.2 Å². The Balaban J connectivity index is 2.13. The van der Waals surface area contributed by atoms with Gasteiger partial charge in [0.1, 0.15) is 10.6 Å². The second-order valence-corrected chi connectivity index (χ2v) is 6.33. The summed E-state index contributed by atoms with van der Waals surface area (Å²) in [6.45, 7) is 4.98. The summed E-state index contributed by atoms with van der Waals surface area (Å²) in [7, 11) is 0. The van der Waals surface area contributed by atoms with Gasteiger partial charge < -0.3 is 9.47 Å².